The summed E-state index contributed by atoms with van der Waals surface area (Å²) >= 11 is 0. The molecule has 1 N–H and O–H groups in total. The molecule has 1 aromatic heterocycles. The summed E-state index contributed by atoms with van der Waals surface area (Å²) in [6, 6.07) is 15.9. The summed E-state index contributed by atoms with van der Waals surface area (Å²) in [5.41, 5.74) is 2.19. The average Bonchev–Trinajstić information content (AvgIpc) is 3.14. The Morgan fingerprint density at radius 3 is 2.52 bits per heavy atom. The predicted octanol–water partition coefficient (Wildman–Crippen LogP) is 4.61. The van der Waals surface area contributed by atoms with Crippen molar-refractivity contribution >= 4 is 16.9 Å². The third-order valence-electron chi connectivity index (χ3n) is 5.24. The van der Waals surface area contributed by atoms with Crippen molar-refractivity contribution in [2.24, 2.45) is 5.92 Å². The van der Waals surface area contributed by atoms with Crippen molar-refractivity contribution in [1.29, 1.82) is 0 Å². The van der Waals surface area contributed by atoms with Gasteiger partial charge in [0.05, 0.1) is 24.8 Å². The van der Waals surface area contributed by atoms with E-state index in [2.05, 4.69) is 28.1 Å². The highest BCUT2D eigenvalue weighted by atomic mass is 16.5. The maximum absolute atomic E-state index is 11.7. The second-order valence-corrected chi connectivity index (χ2v) is 7.95. The van der Waals surface area contributed by atoms with Gasteiger partial charge in [-0.2, -0.15) is 0 Å². The number of rotatable bonds is 12. The first-order valence-corrected chi connectivity index (χ1v) is 11.1. The van der Waals surface area contributed by atoms with Crippen molar-refractivity contribution < 1.29 is 14.3 Å². The molecule has 6 nitrogen and oxygen atoms in total. The number of nitrogens with one attached hydrogen (secondary N) is 1. The van der Waals surface area contributed by atoms with Gasteiger partial charge in [-0.1, -0.05) is 26.0 Å². The van der Waals surface area contributed by atoms with Gasteiger partial charge in [0, 0.05) is 25.4 Å². The first-order chi connectivity index (χ1) is 15.1. The lowest BCUT2D eigenvalue weighted by atomic mass is 10.2. The number of carbonyl (C=O) groups excluding carboxylic acids is 1. The van der Waals surface area contributed by atoms with Crippen LogP contribution < -0.4 is 14.8 Å². The van der Waals surface area contributed by atoms with Gasteiger partial charge >= 0.3 is 0 Å². The van der Waals surface area contributed by atoms with Crippen LogP contribution >= 0.6 is 0 Å². The monoisotopic (exact) mass is 423 g/mol. The van der Waals surface area contributed by atoms with E-state index in [1.165, 1.54) is 5.52 Å². The minimum Gasteiger partial charge on any atom is -0.497 e. The minimum absolute atomic E-state index is 0.0182. The Balaban J connectivity index is 1.51. The van der Waals surface area contributed by atoms with E-state index in [0.29, 0.717) is 13.2 Å². The number of benzene rings is 2. The molecule has 0 saturated heterocycles. The van der Waals surface area contributed by atoms with E-state index >= 15 is 0 Å². The molecular formula is C25H33N3O3. The van der Waals surface area contributed by atoms with Crippen LogP contribution in [0.4, 0.5) is 0 Å². The number of para-hydroxylation sites is 2. The fourth-order valence-electron chi connectivity index (χ4n) is 3.46. The lowest BCUT2D eigenvalue weighted by Crippen LogP contribution is -2.28. The molecule has 0 spiro atoms. The quantitative estimate of drug-likeness (QED) is 0.432. The van der Waals surface area contributed by atoms with Crippen LogP contribution in [-0.2, 0) is 17.8 Å². The van der Waals surface area contributed by atoms with Crippen LogP contribution in [0.3, 0.4) is 0 Å². The Hall–Kier alpha value is -3.02. The Morgan fingerprint density at radius 2 is 1.77 bits per heavy atom. The van der Waals surface area contributed by atoms with E-state index in [0.717, 1.165) is 55.1 Å². The number of amides is 1. The van der Waals surface area contributed by atoms with E-state index in [9.17, 15) is 4.79 Å². The lowest BCUT2D eigenvalue weighted by Gasteiger charge is -2.11. The van der Waals surface area contributed by atoms with Gasteiger partial charge in [0.2, 0.25) is 5.91 Å². The smallest absolute Gasteiger partial charge is 0.222 e. The molecule has 0 atom stereocenters. The maximum Gasteiger partial charge on any atom is 0.222 e. The van der Waals surface area contributed by atoms with Crippen molar-refractivity contribution in [3.8, 4) is 11.5 Å². The summed E-state index contributed by atoms with van der Waals surface area (Å²) in [5, 5.41) is 2.99. The number of aromatic nitrogens is 2. The van der Waals surface area contributed by atoms with Gasteiger partial charge < -0.3 is 19.4 Å². The number of aryl methyl sites for hydroxylation is 2. The van der Waals surface area contributed by atoms with Crippen molar-refractivity contribution in [3.63, 3.8) is 0 Å². The van der Waals surface area contributed by atoms with E-state index < -0.39 is 0 Å². The summed E-state index contributed by atoms with van der Waals surface area (Å²) in [7, 11) is 1.66. The first-order valence-electron chi connectivity index (χ1n) is 11.1. The van der Waals surface area contributed by atoms with Gasteiger partial charge in [0.25, 0.3) is 0 Å². The highest BCUT2D eigenvalue weighted by Gasteiger charge is 2.11. The van der Waals surface area contributed by atoms with Gasteiger partial charge in [-0.25, -0.2) is 4.98 Å². The van der Waals surface area contributed by atoms with Crippen LogP contribution in [0.5, 0.6) is 11.5 Å². The number of unbranched alkanes of at least 4 members (excludes halogenated alkanes) is 1. The third kappa shape index (κ3) is 6.48. The largest absolute Gasteiger partial charge is 0.497 e. The van der Waals surface area contributed by atoms with Gasteiger partial charge in [-0.15, -0.1) is 0 Å². The van der Waals surface area contributed by atoms with Gasteiger partial charge in [0.1, 0.15) is 17.3 Å². The summed E-state index contributed by atoms with van der Waals surface area (Å²) in [5.74, 6) is 2.89. The molecule has 6 heteroatoms. The van der Waals surface area contributed by atoms with E-state index in [-0.39, 0.29) is 11.8 Å². The van der Waals surface area contributed by atoms with Crippen LogP contribution in [0, 0.1) is 5.92 Å². The molecule has 0 radical (unpaired) electrons. The van der Waals surface area contributed by atoms with Crippen molar-refractivity contribution in [2.45, 2.75) is 46.1 Å². The molecule has 0 aliphatic rings. The highest BCUT2D eigenvalue weighted by Crippen LogP contribution is 2.19. The zero-order valence-corrected chi connectivity index (χ0v) is 18.8. The fourth-order valence-corrected chi connectivity index (χ4v) is 3.46. The topological polar surface area (TPSA) is 65.4 Å². The molecule has 3 rings (SSSR count). The van der Waals surface area contributed by atoms with Crippen LogP contribution in [0.25, 0.3) is 11.0 Å². The molecular weight excluding hydrogens is 390 g/mol. The molecule has 0 fully saturated rings. The Labute approximate surface area is 184 Å². The number of carbonyl (C=O) groups is 1. The van der Waals surface area contributed by atoms with E-state index in [1.807, 2.05) is 44.2 Å². The van der Waals surface area contributed by atoms with Crippen molar-refractivity contribution in [3.05, 3.63) is 54.4 Å². The van der Waals surface area contributed by atoms with Crippen molar-refractivity contribution in [2.75, 3.05) is 20.3 Å². The number of fused-ring (bicyclic) bond motifs is 1. The zero-order valence-electron chi connectivity index (χ0n) is 18.8. The fraction of sp³-hybridized carbons (Fsp3) is 0.440. The zero-order chi connectivity index (χ0) is 22.1. The second-order valence-electron chi connectivity index (χ2n) is 7.95. The molecule has 3 aromatic rings. The first kappa shape index (κ1) is 22.7. The second kappa shape index (κ2) is 11.4. The standard InChI is InChI=1S/C25H33N3O3/c1-19(2)25(29)26-16-8-11-24-27-22-9-4-5-10-23(22)28(24)17-6-7-18-31-21-14-12-20(30-3)13-15-21/h4-5,9-10,12-15,19H,6-8,11,16-18H2,1-3H3,(H,26,29). The van der Waals surface area contributed by atoms with Gasteiger partial charge in [-0.3, -0.25) is 4.79 Å². The summed E-state index contributed by atoms with van der Waals surface area (Å²) in [4.78, 5) is 16.6. The molecule has 0 aliphatic heterocycles. The highest BCUT2D eigenvalue weighted by molar-refractivity contribution is 5.77. The molecule has 0 aliphatic carbocycles. The lowest BCUT2D eigenvalue weighted by molar-refractivity contribution is -0.123. The number of methoxy groups -OCH3 is 1. The molecule has 1 heterocycles. The minimum atomic E-state index is 0.0182. The number of hydrogen-bond acceptors (Lipinski definition) is 4. The van der Waals surface area contributed by atoms with Crippen LogP contribution in [0.1, 0.15) is 38.9 Å². The summed E-state index contributed by atoms with van der Waals surface area (Å²) in [6.45, 7) is 6.08. The Kier molecular flexibility index (Phi) is 8.33. The van der Waals surface area contributed by atoms with Crippen molar-refractivity contribution in [1.82, 2.24) is 14.9 Å². The normalized spacial score (nSPS) is 11.1. The van der Waals surface area contributed by atoms with Gasteiger partial charge in [0.15, 0.2) is 0 Å². The molecule has 0 saturated carbocycles. The van der Waals surface area contributed by atoms with E-state index in [1.54, 1.807) is 7.11 Å². The third-order valence-corrected chi connectivity index (χ3v) is 5.24. The van der Waals surface area contributed by atoms with Crippen LogP contribution in [-0.4, -0.2) is 35.7 Å². The number of nitrogens with zero attached hydrogens (tertiary/aromatic N) is 2. The number of imidazole rings is 1. The molecule has 2 aromatic carbocycles. The SMILES string of the molecule is COc1ccc(OCCCCn2c(CCCNC(=O)C(C)C)nc3ccccc32)cc1. The molecule has 31 heavy (non-hydrogen) atoms. The molecule has 1 amide bonds. The number of ether oxygens (including phenoxy) is 2. The van der Waals surface area contributed by atoms with Crippen LogP contribution in [0.2, 0.25) is 0 Å². The average molecular weight is 424 g/mol. The molecule has 166 valence electrons. The maximum atomic E-state index is 11.7. The Bertz CT molecular complexity index is 964. The summed E-state index contributed by atoms with van der Waals surface area (Å²) in [6.07, 6.45) is 3.69. The predicted molar refractivity (Wildman–Crippen MR) is 124 cm³/mol. The Morgan fingerprint density at radius 1 is 1.03 bits per heavy atom. The van der Waals surface area contributed by atoms with Crippen LogP contribution in [0.15, 0.2) is 48.5 Å². The number of hydrogen-bond donors (Lipinski definition) is 1. The molecule has 0 bridgehead atoms. The molecule has 0 unspecified atom stereocenters. The summed E-state index contributed by atoms with van der Waals surface area (Å²) < 4.78 is 13.3. The van der Waals surface area contributed by atoms with Gasteiger partial charge in [-0.05, 0) is 55.7 Å². The van der Waals surface area contributed by atoms with E-state index in [4.69, 9.17) is 14.5 Å².